The number of carbonyl (C=O) groups is 4. The number of fused-ring (bicyclic) bond motifs is 1. The lowest BCUT2D eigenvalue weighted by atomic mass is 9.84. The first kappa shape index (κ1) is 21.1. The summed E-state index contributed by atoms with van der Waals surface area (Å²) < 4.78 is 19.7. The largest absolute Gasteiger partial charge is 0.453 e. The molecule has 0 saturated carbocycles. The number of anilines is 1. The Bertz CT molecular complexity index is 1250. The SMILES string of the molecule is Cc1ccccc1NC(=O)C(=O)[C@@H](C(=O)c1ccccc1F)[C@H]1OC(=O)c2ccccc21. The summed E-state index contributed by atoms with van der Waals surface area (Å²) >= 11 is 0. The summed E-state index contributed by atoms with van der Waals surface area (Å²) in [6, 6.07) is 18.2. The number of cyclic esters (lactones) is 1. The molecule has 2 atom stereocenters. The van der Waals surface area contributed by atoms with Crippen molar-refractivity contribution in [1.82, 2.24) is 0 Å². The van der Waals surface area contributed by atoms with E-state index in [0.29, 0.717) is 16.8 Å². The zero-order chi connectivity index (χ0) is 22.8. The van der Waals surface area contributed by atoms with E-state index < -0.39 is 41.3 Å². The number of hydrogen-bond donors (Lipinski definition) is 1. The fourth-order valence-electron chi connectivity index (χ4n) is 3.68. The third-order valence-corrected chi connectivity index (χ3v) is 5.35. The molecule has 1 heterocycles. The van der Waals surface area contributed by atoms with Gasteiger partial charge in [0.2, 0.25) is 5.78 Å². The highest BCUT2D eigenvalue weighted by atomic mass is 19.1. The summed E-state index contributed by atoms with van der Waals surface area (Å²) in [6.45, 7) is 1.75. The minimum absolute atomic E-state index is 0.191. The van der Waals surface area contributed by atoms with Gasteiger partial charge in [-0.15, -0.1) is 0 Å². The smallest absolute Gasteiger partial charge is 0.339 e. The number of ether oxygens (including phenoxy) is 1. The van der Waals surface area contributed by atoms with E-state index in [9.17, 15) is 23.6 Å². The molecule has 3 aromatic rings. The first-order valence-electron chi connectivity index (χ1n) is 9.88. The van der Waals surface area contributed by atoms with Crippen molar-refractivity contribution in [3.8, 4) is 0 Å². The van der Waals surface area contributed by atoms with Gasteiger partial charge in [-0.1, -0.05) is 48.5 Å². The van der Waals surface area contributed by atoms with Gasteiger partial charge in [0.1, 0.15) is 17.8 Å². The van der Waals surface area contributed by atoms with Crippen LogP contribution in [-0.4, -0.2) is 23.4 Å². The zero-order valence-corrected chi connectivity index (χ0v) is 17.0. The Labute approximate surface area is 183 Å². The van der Waals surface area contributed by atoms with E-state index in [1.54, 1.807) is 49.4 Å². The van der Waals surface area contributed by atoms with Crippen LogP contribution >= 0.6 is 0 Å². The van der Waals surface area contributed by atoms with Gasteiger partial charge in [0.15, 0.2) is 5.78 Å². The van der Waals surface area contributed by atoms with Crippen molar-refractivity contribution in [2.75, 3.05) is 5.32 Å². The maximum atomic E-state index is 14.4. The van der Waals surface area contributed by atoms with Gasteiger partial charge in [0.05, 0.1) is 11.1 Å². The van der Waals surface area contributed by atoms with Crippen LogP contribution in [0.2, 0.25) is 0 Å². The number of esters is 1. The summed E-state index contributed by atoms with van der Waals surface area (Å²) in [5, 5.41) is 2.50. The zero-order valence-electron chi connectivity index (χ0n) is 17.0. The second kappa shape index (κ2) is 8.55. The highest BCUT2D eigenvalue weighted by molar-refractivity contribution is 6.45. The third kappa shape index (κ3) is 3.80. The van der Waals surface area contributed by atoms with Crippen LogP contribution in [0.3, 0.4) is 0 Å². The van der Waals surface area contributed by atoms with E-state index in [2.05, 4.69) is 5.32 Å². The van der Waals surface area contributed by atoms with Crippen LogP contribution in [0.4, 0.5) is 10.1 Å². The second-order valence-electron chi connectivity index (χ2n) is 7.37. The Hall–Kier alpha value is -4.13. The average Bonchev–Trinajstić information content (AvgIpc) is 3.12. The van der Waals surface area contributed by atoms with Crippen molar-refractivity contribution in [3.63, 3.8) is 0 Å². The Morgan fingerprint density at radius 2 is 1.59 bits per heavy atom. The second-order valence-corrected chi connectivity index (χ2v) is 7.37. The molecule has 160 valence electrons. The highest BCUT2D eigenvalue weighted by Gasteiger charge is 2.46. The standard InChI is InChI=1S/C25H18FNO5/c1-14-8-2-7-13-19(14)27-24(30)22(29)20(21(28)17-11-5-6-12-18(17)26)23-15-9-3-4-10-16(15)25(31)32-23/h2-13,20,23H,1H3,(H,27,30)/t20-,23+/m1/s1. The Morgan fingerprint density at radius 1 is 0.938 bits per heavy atom. The van der Waals surface area contributed by atoms with Crippen molar-refractivity contribution in [2.24, 2.45) is 5.92 Å². The molecular weight excluding hydrogens is 413 g/mol. The summed E-state index contributed by atoms with van der Waals surface area (Å²) in [7, 11) is 0. The third-order valence-electron chi connectivity index (χ3n) is 5.35. The number of rotatable bonds is 6. The van der Waals surface area contributed by atoms with Gasteiger partial charge in [0.25, 0.3) is 5.91 Å². The molecule has 6 nitrogen and oxygen atoms in total. The molecule has 0 aromatic heterocycles. The molecule has 1 aliphatic heterocycles. The maximum absolute atomic E-state index is 14.4. The number of para-hydroxylation sites is 1. The fourth-order valence-corrected chi connectivity index (χ4v) is 3.68. The van der Waals surface area contributed by atoms with Gasteiger partial charge in [0, 0.05) is 11.3 Å². The Morgan fingerprint density at radius 3 is 2.34 bits per heavy atom. The lowest BCUT2D eigenvalue weighted by Crippen LogP contribution is -2.38. The van der Waals surface area contributed by atoms with Gasteiger partial charge in [-0.3, -0.25) is 14.4 Å². The Balaban J connectivity index is 1.74. The number of hydrogen-bond acceptors (Lipinski definition) is 5. The van der Waals surface area contributed by atoms with Crippen LogP contribution in [0.1, 0.15) is 37.9 Å². The van der Waals surface area contributed by atoms with Gasteiger partial charge < -0.3 is 10.1 Å². The van der Waals surface area contributed by atoms with Crippen LogP contribution in [0.15, 0.2) is 72.8 Å². The summed E-state index contributed by atoms with van der Waals surface area (Å²) in [5.74, 6) is -6.44. The fraction of sp³-hybridized carbons (Fsp3) is 0.120. The molecule has 1 aliphatic rings. The van der Waals surface area contributed by atoms with Crippen LogP contribution in [-0.2, 0) is 14.3 Å². The molecule has 0 aliphatic carbocycles. The first-order chi connectivity index (χ1) is 15.4. The molecule has 0 saturated heterocycles. The van der Waals surface area contributed by atoms with E-state index in [0.717, 1.165) is 6.07 Å². The molecule has 32 heavy (non-hydrogen) atoms. The summed E-state index contributed by atoms with van der Waals surface area (Å²) in [6.07, 6.45) is -1.35. The normalized spacial score (nSPS) is 15.4. The number of carbonyl (C=O) groups excluding carboxylic acids is 4. The number of benzene rings is 3. The number of nitrogens with one attached hydrogen (secondary N) is 1. The Kier molecular flexibility index (Phi) is 5.64. The van der Waals surface area contributed by atoms with E-state index in [1.165, 1.54) is 24.3 Å². The van der Waals surface area contributed by atoms with Crippen LogP contribution in [0, 0.1) is 18.7 Å². The van der Waals surface area contributed by atoms with E-state index >= 15 is 0 Å². The highest BCUT2D eigenvalue weighted by Crippen LogP contribution is 2.38. The molecular formula is C25H18FNO5. The monoisotopic (exact) mass is 431 g/mol. The van der Waals surface area contributed by atoms with Crippen molar-refractivity contribution in [1.29, 1.82) is 0 Å². The van der Waals surface area contributed by atoms with Crippen molar-refractivity contribution in [3.05, 3.63) is 101 Å². The number of ketones is 2. The molecule has 7 heteroatoms. The number of Topliss-reactive ketones (excluding diaryl/α,β-unsaturated/α-hetero) is 2. The first-order valence-corrected chi connectivity index (χ1v) is 9.88. The van der Waals surface area contributed by atoms with Gasteiger partial charge in [-0.2, -0.15) is 0 Å². The minimum Gasteiger partial charge on any atom is -0.453 e. The molecule has 0 unspecified atom stereocenters. The lowest BCUT2D eigenvalue weighted by Gasteiger charge is -2.21. The van der Waals surface area contributed by atoms with E-state index in [-0.39, 0.29) is 11.1 Å². The summed E-state index contributed by atoms with van der Waals surface area (Å²) in [4.78, 5) is 51.7. The minimum atomic E-state index is -1.75. The molecule has 4 rings (SSSR count). The van der Waals surface area contributed by atoms with Crippen molar-refractivity contribution >= 4 is 29.1 Å². The molecule has 0 radical (unpaired) electrons. The molecule has 1 N–H and O–H groups in total. The van der Waals surface area contributed by atoms with Crippen LogP contribution in [0.25, 0.3) is 0 Å². The quantitative estimate of drug-likeness (QED) is 0.275. The molecule has 1 amide bonds. The molecule has 0 spiro atoms. The van der Waals surface area contributed by atoms with Crippen LogP contribution in [0.5, 0.6) is 0 Å². The van der Waals surface area contributed by atoms with Gasteiger partial charge in [-0.05, 0) is 36.8 Å². The topological polar surface area (TPSA) is 89.5 Å². The predicted molar refractivity (Wildman–Crippen MR) is 114 cm³/mol. The van der Waals surface area contributed by atoms with Crippen LogP contribution < -0.4 is 5.32 Å². The number of amides is 1. The van der Waals surface area contributed by atoms with Crippen molar-refractivity contribution in [2.45, 2.75) is 13.0 Å². The average molecular weight is 431 g/mol. The predicted octanol–water partition coefficient (Wildman–Crippen LogP) is 4.05. The summed E-state index contributed by atoms with van der Waals surface area (Å²) in [5.41, 5.74) is 1.23. The maximum Gasteiger partial charge on any atom is 0.339 e. The van der Waals surface area contributed by atoms with E-state index in [4.69, 9.17) is 4.74 Å². The molecule has 3 aromatic carbocycles. The van der Waals surface area contributed by atoms with Gasteiger partial charge in [-0.25, -0.2) is 9.18 Å². The number of aryl methyl sites for hydroxylation is 1. The molecule has 0 fully saturated rings. The van der Waals surface area contributed by atoms with Gasteiger partial charge >= 0.3 is 5.97 Å². The van der Waals surface area contributed by atoms with E-state index in [1.807, 2.05) is 0 Å². The number of halogens is 1. The lowest BCUT2D eigenvalue weighted by molar-refractivity contribution is -0.138. The molecule has 0 bridgehead atoms. The van der Waals surface area contributed by atoms with Crippen molar-refractivity contribution < 1.29 is 28.3 Å².